The van der Waals surface area contributed by atoms with Gasteiger partial charge in [-0.15, -0.1) is 0 Å². The van der Waals surface area contributed by atoms with Crippen molar-refractivity contribution < 1.29 is 0 Å². The predicted octanol–water partition coefficient (Wildman–Crippen LogP) is 10.8. The van der Waals surface area contributed by atoms with Gasteiger partial charge in [0.25, 0.3) is 0 Å². The molecule has 0 radical (unpaired) electrons. The lowest BCUT2D eigenvalue weighted by Crippen LogP contribution is -1.95. The number of rotatable bonds is 23. The van der Waals surface area contributed by atoms with E-state index in [1.165, 1.54) is 141 Å². The maximum atomic E-state index is 2.47. The average Bonchev–Trinajstić information content (AvgIpc) is 2.70. The molecule has 0 aliphatic heterocycles. The Morgan fingerprint density at radius 1 is 0.429 bits per heavy atom. The first-order valence-electron chi connectivity index (χ1n) is 13.5. The summed E-state index contributed by atoms with van der Waals surface area (Å²) < 4.78 is 0. The zero-order chi connectivity index (χ0) is 20.5. The number of unbranched alkanes of at least 4 members (excludes halogenated alkanes) is 17. The van der Waals surface area contributed by atoms with Gasteiger partial charge in [-0.1, -0.05) is 148 Å². The van der Waals surface area contributed by atoms with Crippen LogP contribution in [-0.4, -0.2) is 0 Å². The second-order valence-corrected chi connectivity index (χ2v) is 9.39. The molecule has 0 bridgehead atoms. The van der Waals surface area contributed by atoms with Crippen molar-refractivity contribution in [2.75, 3.05) is 0 Å². The van der Waals surface area contributed by atoms with E-state index in [-0.39, 0.29) is 0 Å². The summed E-state index contributed by atoms with van der Waals surface area (Å²) in [6.45, 7) is 7.07. The molecular weight excluding hydrogens is 336 g/mol. The van der Waals surface area contributed by atoms with Crippen LogP contribution in [0.3, 0.4) is 0 Å². The Balaban J connectivity index is 3.20. The van der Waals surface area contributed by atoms with Gasteiger partial charge in [-0.2, -0.15) is 0 Å². The molecule has 0 nitrogen and oxygen atoms in total. The summed E-state index contributed by atoms with van der Waals surface area (Å²) in [4.78, 5) is 0. The summed E-state index contributed by atoms with van der Waals surface area (Å²) in [7, 11) is 0. The molecule has 0 aliphatic carbocycles. The Morgan fingerprint density at radius 3 is 1.21 bits per heavy atom. The summed E-state index contributed by atoms with van der Waals surface area (Å²) in [5.74, 6) is 0.946. The van der Waals surface area contributed by atoms with E-state index in [1.54, 1.807) is 0 Å². The van der Waals surface area contributed by atoms with E-state index in [1.807, 2.05) is 0 Å². The maximum absolute atomic E-state index is 2.47. The van der Waals surface area contributed by atoms with E-state index in [9.17, 15) is 0 Å². The van der Waals surface area contributed by atoms with Crippen molar-refractivity contribution in [2.24, 2.45) is 5.92 Å². The molecule has 0 heteroatoms. The fourth-order valence-electron chi connectivity index (χ4n) is 4.16. The minimum absolute atomic E-state index is 0.946. The molecule has 0 aliphatic rings. The van der Waals surface area contributed by atoms with E-state index < -0.39 is 0 Å². The van der Waals surface area contributed by atoms with Gasteiger partial charge in [0.05, 0.1) is 0 Å². The van der Waals surface area contributed by atoms with Crippen molar-refractivity contribution in [1.29, 1.82) is 0 Å². The first-order valence-corrected chi connectivity index (χ1v) is 13.5. The number of hydrogen-bond acceptors (Lipinski definition) is 0. The highest BCUT2D eigenvalue weighted by Gasteiger charge is 2.01. The molecule has 0 N–H and O–H groups in total. The summed E-state index contributed by atoms with van der Waals surface area (Å²) in [5, 5.41) is 0. The van der Waals surface area contributed by atoms with Crippen LogP contribution < -0.4 is 0 Å². The largest absolute Gasteiger partial charge is 0.0885 e. The lowest BCUT2D eigenvalue weighted by molar-refractivity contribution is 0.437. The summed E-state index contributed by atoms with van der Waals surface area (Å²) >= 11 is 0. The van der Waals surface area contributed by atoms with Crippen molar-refractivity contribution in [3.05, 3.63) is 12.2 Å². The standard InChI is InChI=1S/C28H56/c1-4-6-8-10-12-14-16-17-19-21-23-25-27-28(3)26-24-22-20-18-15-13-11-9-7-5-2/h17,19,28H,4-16,18,20-27H2,1-3H3. The van der Waals surface area contributed by atoms with Gasteiger partial charge in [-0.25, -0.2) is 0 Å². The van der Waals surface area contributed by atoms with E-state index in [0.717, 1.165) is 5.92 Å². The summed E-state index contributed by atoms with van der Waals surface area (Å²) in [6.07, 6.45) is 36.3. The lowest BCUT2D eigenvalue weighted by atomic mass is 9.96. The lowest BCUT2D eigenvalue weighted by Gasteiger charge is -2.10. The molecule has 0 heterocycles. The highest BCUT2D eigenvalue weighted by Crippen LogP contribution is 2.18. The first-order chi connectivity index (χ1) is 13.8. The van der Waals surface area contributed by atoms with Gasteiger partial charge in [0, 0.05) is 0 Å². The highest BCUT2D eigenvalue weighted by atomic mass is 14.1. The van der Waals surface area contributed by atoms with E-state index >= 15 is 0 Å². The Hall–Kier alpha value is -0.260. The van der Waals surface area contributed by atoms with Crippen LogP contribution in [0.15, 0.2) is 12.2 Å². The Labute approximate surface area is 180 Å². The van der Waals surface area contributed by atoms with Crippen LogP contribution in [0, 0.1) is 5.92 Å². The summed E-state index contributed by atoms with van der Waals surface area (Å²) in [6, 6.07) is 0. The topological polar surface area (TPSA) is 0 Å². The highest BCUT2D eigenvalue weighted by molar-refractivity contribution is 4.81. The molecule has 0 spiro atoms. The third kappa shape index (κ3) is 23.8. The van der Waals surface area contributed by atoms with Crippen molar-refractivity contribution in [1.82, 2.24) is 0 Å². The van der Waals surface area contributed by atoms with E-state index in [0.29, 0.717) is 0 Å². The van der Waals surface area contributed by atoms with Gasteiger partial charge >= 0.3 is 0 Å². The van der Waals surface area contributed by atoms with Crippen LogP contribution in [0.2, 0.25) is 0 Å². The van der Waals surface area contributed by atoms with Crippen molar-refractivity contribution >= 4 is 0 Å². The molecule has 0 aromatic rings. The average molecular weight is 393 g/mol. The molecular formula is C28H56. The zero-order valence-corrected chi connectivity index (χ0v) is 20.3. The van der Waals surface area contributed by atoms with E-state index in [4.69, 9.17) is 0 Å². The van der Waals surface area contributed by atoms with Gasteiger partial charge in [0.15, 0.2) is 0 Å². The van der Waals surface area contributed by atoms with E-state index in [2.05, 4.69) is 32.9 Å². The number of allylic oxidation sites excluding steroid dienone is 2. The maximum Gasteiger partial charge on any atom is -0.0351 e. The summed E-state index contributed by atoms with van der Waals surface area (Å²) in [5.41, 5.74) is 0. The normalized spacial score (nSPS) is 12.8. The predicted molar refractivity (Wildman–Crippen MR) is 131 cm³/mol. The molecule has 0 saturated heterocycles. The Morgan fingerprint density at radius 2 is 0.750 bits per heavy atom. The third-order valence-corrected chi connectivity index (χ3v) is 6.26. The molecule has 1 unspecified atom stereocenters. The van der Waals surface area contributed by atoms with Crippen LogP contribution in [0.25, 0.3) is 0 Å². The van der Waals surface area contributed by atoms with Gasteiger partial charge < -0.3 is 0 Å². The fourth-order valence-corrected chi connectivity index (χ4v) is 4.16. The second-order valence-electron chi connectivity index (χ2n) is 9.39. The Kier molecular flexibility index (Phi) is 24.5. The molecule has 0 saturated carbocycles. The minimum Gasteiger partial charge on any atom is -0.0885 e. The first kappa shape index (κ1) is 27.7. The van der Waals surface area contributed by atoms with Crippen LogP contribution in [0.1, 0.15) is 162 Å². The molecule has 168 valence electrons. The monoisotopic (exact) mass is 392 g/mol. The molecule has 0 fully saturated rings. The molecule has 1 atom stereocenters. The van der Waals surface area contributed by atoms with Crippen LogP contribution in [-0.2, 0) is 0 Å². The quantitative estimate of drug-likeness (QED) is 0.120. The third-order valence-electron chi connectivity index (χ3n) is 6.26. The Bertz CT molecular complexity index is 290. The van der Waals surface area contributed by atoms with Crippen LogP contribution in [0.5, 0.6) is 0 Å². The van der Waals surface area contributed by atoms with Crippen molar-refractivity contribution in [3.63, 3.8) is 0 Å². The molecule has 28 heavy (non-hydrogen) atoms. The van der Waals surface area contributed by atoms with Crippen molar-refractivity contribution in [3.8, 4) is 0 Å². The fraction of sp³-hybridized carbons (Fsp3) is 0.929. The van der Waals surface area contributed by atoms with Gasteiger partial charge in [-0.05, 0) is 31.6 Å². The number of hydrogen-bond donors (Lipinski definition) is 0. The SMILES string of the molecule is CCCCCCCCC=CCCCCC(C)CCCCCCCCCCCC. The molecule has 0 aromatic carbocycles. The van der Waals surface area contributed by atoms with Crippen LogP contribution in [0.4, 0.5) is 0 Å². The van der Waals surface area contributed by atoms with Crippen LogP contribution >= 0.6 is 0 Å². The zero-order valence-electron chi connectivity index (χ0n) is 20.3. The van der Waals surface area contributed by atoms with Gasteiger partial charge in [-0.3, -0.25) is 0 Å². The molecule has 0 aromatic heterocycles. The van der Waals surface area contributed by atoms with Crippen molar-refractivity contribution in [2.45, 2.75) is 162 Å². The molecule has 0 rings (SSSR count). The second kappa shape index (κ2) is 24.8. The molecule has 0 amide bonds. The van der Waals surface area contributed by atoms with Gasteiger partial charge in [0.1, 0.15) is 0 Å². The van der Waals surface area contributed by atoms with Gasteiger partial charge in [0.2, 0.25) is 0 Å². The smallest absolute Gasteiger partial charge is 0.0351 e. The minimum atomic E-state index is 0.946.